The Hall–Kier alpha value is -2.69. The van der Waals surface area contributed by atoms with Gasteiger partial charge in [0.15, 0.2) is 0 Å². The molecule has 2 aromatic rings. The largest absolute Gasteiger partial charge is 0.324 e. The molecule has 1 aromatic heterocycles. The average molecular weight is 293 g/mol. The number of likely N-dealkylation sites (N-methyl/N-ethyl adjacent to an activating group) is 1. The molecule has 5 nitrogen and oxygen atoms in total. The third-order valence-electron chi connectivity index (χ3n) is 4.64. The maximum Gasteiger partial charge on any atom is 0.238 e. The van der Waals surface area contributed by atoms with E-state index in [1.54, 1.807) is 36.5 Å². The molecule has 1 spiro atoms. The molecule has 2 amide bonds. The second-order valence-corrected chi connectivity index (χ2v) is 5.84. The topological polar surface area (TPSA) is 62.3 Å². The maximum atomic E-state index is 12.6. The number of hydrogen-bond donors (Lipinski definition) is 1. The van der Waals surface area contributed by atoms with Gasteiger partial charge in [0.2, 0.25) is 11.8 Å². The summed E-state index contributed by atoms with van der Waals surface area (Å²) in [6, 6.07) is 11.3. The second kappa shape index (κ2) is 4.40. The third kappa shape index (κ3) is 1.62. The Morgan fingerprint density at radius 2 is 2.14 bits per heavy atom. The van der Waals surface area contributed by atoms with E-state index in [0.29, 0.717) is 12.1 Å². The minimum atomic E-state index is -0.669. The fraction of sp³-hybridized carbons (Fsp3) is 0.235. The minimum absolute atomic E-state index is 0.0139. The highest BCUT2D eigenvalue weighted by molar-refractivity contribution is 6.15. The van der Waals surface area contributed by atoms with Crippen LogP contribution in [0.2, 0.25) is 0 Å². The molecule has 1 fully saturated rings. The van der Waals surface area contributed by atoms with Crippen LogP contribution >= 0.6 is 0 Å². The monoisotopic (exact) mass is 293 g/mol. The van der Waals surface area contributed by atoms with Crippen LogP contribution in [0.1, 0.15) is 12.0 Å². The quantitative estimate of drug-likeness (QED) is 0.920. The fourth-order valence-electron chi connectivity index (χ4n) is 3.45. The molecule has 4 rings (SSSR count). The summed E-state index contributed by atoms with van der Waals surface area (Å²) in [5.41, 5.74) is 1.86. The summed E-state index contributed by atoms with van der Waals surface area (Å²) < 4.78 is 0. The number of benzene rings is 1. The van der Waals surface area contributed by atoms with Crippen LogP contribution < -0.4 is 10.2 Å². The number of hydrogen-bond acceptors (Lipinski definition) is 3. The van der Waals surface area contributed by atoms with E-state index in [0.717, 1.165) is 11.3 Å². The molecular formula is C17H15N3O2. The molecule has 0 saturated heterocycles. The van der Waals surface area contributed by atoms with Crippen molar-refractivity contribution in [2.24, 2.45) is 5.92 Å². The van der Waals surface area contributed by atoms with Crippen molar-refractivity contribution in [3.8, 4) is 0 Å². The Kier molecular flexibility index (Phi) is 2.60. The van der Waals surface area contributed by atoms with Crippen molar-refractivity contribution in [2.45, 2.75) is 11.8 Å². The summed E-state index contributed by atoms with van der Waals surface area (Å²) in [5.74, 6) is -0.419. The number of fused-ring (bicyclic) bond motifs is 2. The average Bonchev–Trinajstić information content (AvgIpc) is 3.27. The summed E-state index contributed by atoms with van der Waals surface area (Å²) in [7, 11) is 1.77. The van der Waals surface area contributed by atoms with Gasteiger partial charge < -0.3 is 10.2 Å². The second-order valence-electron chi connectivity index (χ2n) is 5.84. The van der Waals surface area contributed by atoms with Gasteiger partial charge >= 0.3 is 0 Å². The van der Waals surface area contributed by atoms with Gasteiger partial charge in [0.05, 0.1) is 23.2 Å². The first-order chi connectivity index (χ1) is 10.6. The third-order valence-corrected chi connectivity index (χ3v) is 4.64. The van der Waals surface area contributed by atoms with Crippen molar-refractivity contribution < 1.29 is 9.59 Å². The van der Waals surface area contributed by atoms with E-state index in [-0.39, 0.29) is 17.7 Å². The van der Waals surface area contributed by atoms with Crippen LogP contribution in [0.15, 0.2) is 48.8 Å². The zero-order chi connectivity index (χ0) is 15.3. The summed E-state index contributed by atoms with van der Waals surface area (Å²) in [4.78, 5) is 30.8. The van der Waals surface area contributed by atoms with Gasteiger partial charge in [-0.25, -0.2) is 0 Å². The molecule has 22 heavy (non-hydrogen) atoms. The first-order valence-corrected chi connectivity index (χ1v) is 7.23. The zero-order valence-corrected chi connectivity index (χ0v) is 12.1. The van der Waals surface area contributed by atoms with Gasteiger partial charge in [-0.15, -0.1) is 0 Å². The number of aromatic nitrogens is 1. The Morgan fingerprint density at radius 1 is 1.32 bits per heavy atom. The van der Waals surface area contributed by atoms with Gasteiger partial charge in [-0.2, -0.15) is 0 Å². The van der Waals surface area contributed by atoms with Crippen molar-refractivity contribution in [1.29, 1.82) is 0 Å². The lowest BCUT2D eigenvalue weighted by Crippen LogP contribution is -2.32. The van der Waals surface area contributed by atoms with E-state index >= 15 is 0 Å². The van der Waals surface area contributed by atoms with Crippen LogP contribution in [0.25, 0.3) is 0 Å². The highest BCUT2D eigenvalue weighted by Crippen LogP contribution is 2.61. The molecular weight excluding hydrogens is 278 g/mol. The molecule has 110 valence electrons. The van der Waals surface area contributed by atoms with E-state index in [9.17, 15) is 9.59 Å². The van der Waals surface area contributed by atoms with Crippen LogP contribution in [-0.2, 0) is 15.0 Å². The Labute approximate surface area is 128 Å². The van der Waals surface area contributed by atoms with Gasteiger partial charge in [-0.3, -0.25) is 14.6 Å². The van der Waals surface area contributed by atoms with E-state index < -0.39 is 5.41 Å². The summed E-state index contributed by atoms with van der Waals surface area (Å²) >= 11 is 0. The van der Waals surface area contributed by atoms with Gasteiger partial charge in [0.1, 0.15) is 0 Å². The predicted molar refractivity (Wildman–Crippen MR) is 82.5 cm³/mol. The molecule has 5 heteroatoms. The Balaban J connectivity index is 1.63. The molecule has 1 saturated carbocycles. The molecule has 0 bridgehead atoms. The zero-order valence-electron chi connectivity index (χ0n) is 12.1. The SMILES string of the molecule is CN1C(=O)C2(CC2C(=O)Nc2cccnc2)c2ccccc21. The number of anilines is 2. The van der Waals surface area contributed by atoms with Crippen LogP contribution in [0, 0.1) is 5.92 Å². The molecule has 2 heterocycles. The van der Waals surface area contributed by atoms with E-state index in [1.807, 2.05) is 24.3 Å². The van der Waals surface area contributed by atoms with Crippen LogP contribution in [-0.4, -0.2) is 23.8 Å². The normalized spacial score (nSPS) is 25.2. The van der Waals surface area contributed by atoms with Crippen LogP contribution in [0.5, 0.6) is 0 Å². The molecule has 1 aliphatic heterocycles. The number of carbonyl (C=O) groups excluding carboxylic acids is 2. The van der Waals surface area contributed by atoms with Crippen LogP contribution in [0.3, 0.4) is 0 Å². The van der Waals surface area contributed by atoms with Gasteiger partial charge in [-0.1, -0.05) is 18.2 Å². The highest BCUT2D eigenvalue weighted by atomic mass is 16.2. The van der Waals surface area contributed by atoms with Crippen molar-refractivity contribution in [2.75, 3.05) is 17.3 Å². The lowest BCUT2D eigenvalue weighted by molar-refractivity contribution is -0.123. The van der Waals surface area contributed by atoms with E-state index in [4.69, 9.17) is 0 Å². The number of rotatable bonds is 2. The number of carbonyl (C=O) groups is 2. The molecule has 2 aliphatic rings. The van der Waals surface area contributed by atoms with Crippen molar-refractivity contribution >= 4 is 23.2 Å². The maximum absolute atomic E-state index is 12.6. The first-order valence-electron chi connectivity index (χ1n) is 7.23. The number of pyridine rings is 1. The Bertz CT molecular complexity index is 774. The van der Waals surface area contributed by atoms with E-state index in [2.05, 4.69) is 10.3 Å². The summed E-state index contributed by atoms with van der Waals surface area (Å²) in [6.07, 6.45) is 3.82. The molecule has 2 unspecified atom stereocenters. The summed E-state index contributed by atoms with van der Waals surface area (Å²) in [6.45, 7) is 0. The van der Waals surface area contributed by atoms with Gasteiger partial charge in [0.25, 0.3) is 0 Å². The van der Waals surface area contributed by atoms with Gasteiger partial charge in [0, 0.05) is 18.9 Å². The molecule has 1 aliphatic carbocycles. The van der Waals surface area contributed by atoms with Crippen molar-refractivity contribution in [1.82, 2.24) is 4.98 Å². The molecule has 0 radical (unpaired) electrons. The van der Waals surface area contributed by atoms with Crippen molar-refractivity contribution in [3.63, 3.8) is 0 Å². The number of para-hydroxylation sites is 1. The minimum Gasteiger partial charge on any atom is -0.324 e. The summed E-state index contributed by atoms with van der Waals surface area (Å²) in [5, 5.41) is 2.85. The molecule has 1 N–H and O–H groups in total. The molecule has 2 atom stereocenters. The Morgan fingerprint density at radius 3 is 2.91 bits per heavy atom. The fourth-order valence-corrected chi connectivity index (χ4v) is 3.45. The number of amides is 2. The predicted octanol–water partition coefficient (Wildman–Crippen LogP) is 1.95. The van der Waals surface area contributed by atoms with Crippen molar-refractivity contribution in [3.05, 3.63) is 54.4 Å². The smallest absolute Gasteiger partial charge is 0.238 e. The lowest BCUT2D eigenvalue weighted by Gasteiger charge is -2.11. The van der Waals surface area contributed by atoms with E-state index in [1.165, 1.54) is 0 Å². The van der Waals surface area contributed by atoms with Gasteiger partial charge in [-0.05, 0) is 30.2 Å². The van der Waals surface area contributed by atoms with Crippen LogP contribution in [0.4, 0.5) is 11.4 Å². The number of nitrogens with one attached hydrogen (secondary N) is 1. The standard InChI is InChI=1S/C17H15N3O2/c1-20-14-7-3-2-6-12(14)17(16(20)22)9-13(17)15(21)19-11-5-4-8-18-10-11/h2-8,10,13H,9H2,1H3,(H,19,21). The molecule has 1 aromatic carbocycles. The highest BCUT2D eigenvalue weighted by Gasteiger charge is 2.69. The number of nitrogens with zero attached hydrogens (tertiary/aromatic N) is 2. The first kappa shape index (κ1) is 13.0. The lowest BCUT2D eigenvalue weighted by atomic mass is 9.94.